The Morgan fingerprint density at radius 3 is 2.45 bits per heavy atom. The molecular weight excluding hydrogens is 260 g/mol. The number of aliphatic carboxylic acids is 1. The van der Waals surface area contributed by atoms with Crippen molar-refractivity contribution in [1.82, 2.24) is 10.2 Å². The van der Waals surface area contributed by atoms with E-state index < -0.39 is 18.2 Å². The maximum Gasteiger partial charge on any atom is 0.332 e. The van der Waals surface area contributed by atoms with Crippen LogP contribution in [0.4, 0.5) is 0 Å². The normalized spacial score (nSPS) is 27.1. The number of carbonyl (C=O) groups is 2. The topological polar surface area (TPSA) is 78.9 Å². The van der Waals surface area contributed by atoms with Gasteiger partial charge in [-0.1, -0.05) is 12.8 Å². The van der Waals surface area contributed by atoms with E-state index in [1.807, 2.05) is 0 Å². The molecule has 0 aromatic heterocycles. The average molecular weight is 284 g/mol. The van der Waals surface area contributed by atoms with Crippen molar-refractivity contribution in [2.45, 2.75) is 56.8 Å². The summed E-state index contributed by atoms with van der Waals surface area (Å²) in [6, 6.07) is 0.644. The van der Waals surface area contributed by atoms with Crippen molar-refractivity contribution in [3.05, 3.63) is 0 Å². The monoisotopic (exact) mass is 284 g/mol. The molecule has 2 N–H and O–H groups in total. The van der Waals surface area contributed by atoms with Crippen molar-refractivity contribution in [1.29, 1.82) is 0 Å². The van der Waals surface area contributed by atoms with Crippen LogP contribution in [0.25, 0.3) is 0 Å². The fourth-order valence-electron chi connectivity index (χ4n) is 3.01. The molecule has 114 valence electrons. The summed E-state index contributed by atoms with van der Waals surface area (Å²) in [5, 5.41) is 11.7. The molecule has 20 heavy (non-hydrogen) atoms. The van der Waals surface area contributed by atoms with E-state index in [2.05, 4.69) is 17.3 Å². The van der Waals surface area contributed by atoms with Gasteiger partial charge in [-0.25, -0.2) is 4.79 Å². The molecule has 1 saturated heterocycles. The molecule has 0 spiro atoms. The maximum absolute atomic E-state index is 11.9. The molecule has 2 atom stereocenters. The number of carboxylic acids is 1. The average Bonchev–Trinajstić information content (AvgIpc) is 3.09. The lowest BCUT2D eigenvalue weighted by Crippen LogP contribution is -2.41. The van der Waals surface area contributed by atoms with E-state index in [0.29, 0.717) is 25.4 Å². The fraction of sp³-hybridized carbons (Fsp3) is 0.857. The van der Waals surface area contributed by atoms with Gasteiger partial charge in [0.25, 0.3) is 0 Å². The Balaban J connectivity index is 1.64. The third kappa shape index (κ3) is 3.93. The van der Waals surface area contributed by atoms with Crippen LogP contribution in [0.3, 0.4) is 0 Å². The van der Waals surface area contributed by atoms with Gasteiger partial charge in [-0.3, -0.25) is 4.79 Å². The summed E-state index contributed by atoms with van der Waals surface area (Å²) in [6.45, 7) is 1.41. The summed E-state index contributed by atoms with van der Waals surface area (Å²) in [5.41, 5.74) is 0. The first-order valence-corrected chi connectivity index (χ1v) is 7.44. The predicted octanol–water partition coefficient (Wildman–Crippen LogP) is 0.609. The summed E-state index contributed by atoms with van der Waals surface area (Å²) < 4.78 is 5.22. The molecular formula is C14H24N2O4. The molecule has 1 aliphatic heterocycles. The van der Waals surface area contributed by atoms with Crippen LogP contribution in [0.2, 0.25) is 0 Å². The molecule has 6 nitrogen and oxygen atoms in total. The molecule has 2 rings (SSSR count). The van der Waals surface area contributed by atoms with Crippen molar-refractivity contribution >= 4 is 11.9 Å². The third-order valence-electron chi connectivity index (χ3n) is 4.30. The van der Waals surface area contributed by atoms with Crippen LogP contribution in [0.1, 0.15) is 38.5 Å². The van der Waals surface area contributed by atoms with Crippen molar-refractivity contribution in [3.8, 4) is 0 Å². The molecule has 1 aliphatic carbocycles. The molecule has 0 aromatic rings. The zero-order chi connectivity index (χ0) is 14.5. The lowest BCUT2D eigenvalue weighted by molar-refractivity contribution is -0.151. The van der Waals surface area contributed by atoms with Crippen molar-refractivity contribution in [2.75, 3.05) is 20.1 Å². The zero-order valence-corrected chi connectivity index (χ0v) is 12.0. The van der Waals surface area contributed by atoms with Gasteiger partial charge in [0.1, 0.15) is 6.10 Å². The lowest BCUT2D eigenvalue weighted by atomic mass is 10.2. The maximum atomic E-state index is 11.9. The van der Waals surface area contributed by atoms with Crippen LogP contribution >= 0.6 is 0 Å². The number of rotatable bonds is 6. The molecule has 0 unspecified atom stereocenters. The van der Waals surface area contributed by atoms with E-state index in [9.17, 15) is 9.59 Å². The molecule has 6 heteroatoms. The van der Waals surface area contributed by atoms with E-state index in [4.69, 9.17) is 9.84 Å². The quantitative estimate of drug-likeness (QED) is 0.747. The summed E-state index contributed by atoms with van der Waals surface area (Å²) in [7, 11) is 2.09. The standard InChI is InChI=1S/C14H24N2O4/c1-16(10-4-2-3-5-10)9-8-15-13(17)11-6-7-12(20-11)14(18)19/h10-12H,2-9H2,1H3,(H,15,17)(H,18,19)/t11-,12+/m0/s1. The highest BCUT2D eigenvalue weighted by Crippen LogP contribution is 2.22. The Bertz CT molecular complexity index is 355. The molecule has 1 saturated carbocycles. The van der Waals surface area contributed by atoms with Crippen LogP contribution in [-0.4, -0.2) is 60.3 Å². The minimum atomic E-state index is -0.985. The predicted molar refractivity (Wildman–Crippen MR) is 73.4 cm³/mol. The highest BCUT2D eigenvalue weighted by Gasteiger charge is 2.34. The van der Waals surface area contributed by atoms with Crippen molar-refractivity contribution < 1.29 is 19.4 Å². The number of likely N-dealkylation sites (N-methyl/N-ethyl adjacent to an activating group) is 1. The first-order chi connectivity index (χ1) is 9.58. The van der Waals surface area contributed by atoms with Crippen molar-refractivity contribution in [2.24, 2.45) is 0 Å². The first-order valence-electron chi connectivity index (χ1n) is 7.44. The van der Waals surface area contributed by atoms with Gasteiger partial charge in [-0.2, -0.15) is 0 Å². The molecule has 0 aromatic carbocycles. The van der Waals surface area contributed by atoms with Crippen LogP contribution in [-0.2, 0) is 14.3 Å². The molecule has 0 bridgehead atoms. The number of hydrogen-bond acceptors (Lipinski definition) is 4. The number of nitrogens with zero attached hydrogens (tertiary/aromatic N) is 1. The van der Waals surface area contributed by atoms with Crippen LogP contribution < -0.4 is 5.32 Å². The molecule has 1 heterocycles. The fourth-order valence-corrected chi connectivity index (χ4v) is 3.01. The van der Waals surface area contributed by atoms with Gasteiger partial charge in [-0.15, -0.1) is 0 Å². The van der Waals surface area contributed by atoms with E-state index in [1.165, 1.54) is 25.7 Å². The van der Waals surface area contributed by atoms with Gasteiger partial charge in [-0.05, 0) is 32.7 Å². The van der Waals surface area contributed by atoms with Gasteiger partial charge in [0.15, 0.2) is 6.10 Å². The summed E-state index contributed by atoms with van der Waals surface area (Å²) >= 11 is 0. The van der Waals surface area contributed by atoms with Gasteiger partial charge in [0.2, 0.25) is 5.91 Å². The minimum Gasteiger partial charge on any atom is -0.479 e. The van der Waals surface area contributed by atoms with Gasteiger partial charge >= 0.3 is 5.97 Å². The van der Waals surface area contributed by atoms with Crippen LogP contribution in [0, 0.1) is 0 Å². The SMILES string of the molecule is CN(CCNC(=O)[C@@H]1CC[C@H](C(=O)O)O1)C1CCCC1. The number of amides is 1. The Hall–Kier alpha value is -1.14. The molecule has 0 radical (unpaired) electrons. The van der Waals surface area contributed by atoms with Gasteiger partial charge in [0, 0.05) is 19.1 Å². The third-order valence-corrected chi connectivity index (χ3v) is 4.30. The summed E-state index contributed by atoms with van der Waals surface area (Å²) in [6.07, 6.45) is 4.56. The van der Waals surface area contributed by atoms with Crippen molar-refractivity contribution in [3.63, 3.8) is 0 Å². The Morgan fingerprint density at radius 2 is 1.85 bits per heavy atom. The number of carboxylic acid groups (broad SMARTS) is 1. The Labute approximate surface area is 119 Å². The molecule has 2 aliphatic rings. The highest BCUT2D eigenvalue weighted by molar-refractivity contribution is 5.82. The minimum absolute atomic E-state index is 0.187. The van der Waals surface area contributed by atoms with Gasteiger partial charge < -0.3 is 20.1 Å². The summed E-state index contributed by atoms with van der Waals surface area (Å²) in [4.78, 5) is 24.9. The van der Waals surface area contributed by atoms with Crippen LogP contribution in [0.15, 0.2) is 0 Å². The second-order valence-electron chi connectivity index (χ2n) is 5.74. The van der Waals surface area contributed by atoms with E-state index in [-0.39, 0.29) is 5.91 Å². The van der Waals surface area contributed by atoms with Crippen LogP contribution in [0.5, 0.6) is 0 Å². The lowest BCUT2D eigenvalue weighted by Gasteiger charge is -2.24. The van der Waals surface area contributed by atoms with Gasteiger partial charge in [0.05, 0.1) is 0 Å². The number of carbonyl (C=O) groups excluding carboxylic acids is 1. The van der Waals surface area contributed by atoms with E-state index >= 15 is 0 Å². The second-order valence-corrected chi connectivity index (χ2v) is 5.74. The molecule has 2 fully saturated rings. The first kappa shape index (κ1) is 15.3. The Kier molecular flexibility index (Phi) is 5.37. The zero-order valence-electron chi connectivity index (χ0n) is 12.0. The number of ether oxygens (including phenoxy) is 1. The number of hydrogen-bond donors (Lipinski definition) is 2. The second kappa shape index (κ2) is 7.04. The Morgan fingerprint density at radius 1 is 1.20 bits per heavy atom. The van der Waals surface area contributed by atoms with E-state index in [1.54, 1.807) is 0 Å². The highest BCUT2D eigenvalue weighted by atomic mass is 16.5. The van der Waals surface area contributed by atoms with E-state index in [0.717, 1.165) is 6.54 Å². The largest absolute Gasteiger partial charge is 0.479 e. The molecule has 1 amide bonds. The summed E-state index contributed by atoms with van der Waals surface area (Å²) in [5.74, 6) is -1.17. The number of nitrogens with one attached hydrogen (secondary N) is 1. The smallest absolute Gasteiger partial charge is 0.332 e.